The largest absolute Gasteiger partial charge is 0.463 e. The third kappa shape index (κ3) is 4.91. The van der Waals surface area contributed by atoms with Crippen molar-refractivity contribution < 1.29 is 47.5 Å². The molecule has 0 aliphatic carbocycles. The van der Waals surface area contributed by atoms with Gasteiger partial charge in [-0.05, 0) is 6.92 Å². The standard InChI is InChI=1S/C16H24O10/c1-6-21-16(5)25-14-13(23-10(4)19)12(22-9(3)18)11(7-20-8(2)17)24-15(14)26-16/h11-15H,6-7H2,1-5H3/t11?,12-,13?,14?,15-,16?/m1/s1. The van der Waals surface area contributed by atoms with Gasteiger partial charge in [0.25, 0.3) is 5.97 Å². The van der Waals surface area contributed by atoms with Crippen LogP contribution in [-0.4, -0.2) is 67.8 Å². The van der Waals surface area contributed by atoms with Gasteiger partial charge in [-0.2, -0.15) is 0 Å². The maximum atomic E-state index is 11.6. The Labute approximate surface area is 150 Å². The molecule has 0 spiro atoms. The Hall–Kier alpha value is -1.75. The molecule has 2 rings (SSSR count). The SMILES string of the molecule is CCOC1(C)OC2C(OC(C)=O)[C@H](OC(C)=O)C(COC(C)=O)O[C@@H]2O1. The fraction of sp³-hybridized carbons (Fsp3) is 0.812. The smallest absolute Gasteiger partial charge is 0.303 e. The number of rotatable bonds is 6. The van der Waals surface area contributed by atoms with E-state index < -0.39 is 54.6 Å². The molecule has 0 saturated carbocycles. The van der Waals surface area contributed by atoms with Gasteiger partial charge in [-0.3, -0.25) is 19.1 Å². The number of ether oxygens (including phenoxy) is 7. The van der Waals surface area contributed by atoms with Crippen LogP contribution in [0.25, 0.3) is 0 Å². The second-order valence-corrected chi connectivity index (χ2v) is 5.99. The van der Waals surface area contributed by atoms with Crippen molar-refractivity contribution in [1.82, 2.24) is 0 Å². The minimum absolute atomic E-state index is 0.219. The van der Waals surface area contributed by atoms with Gasteiger partial charge < -0.3 is 28.4 Å². The van der Waals surface area contributed by atoms with Gasteiger partial charge in [0.15, 0.2) is 24.6 Å². The molecule has 2 saturated heterocycles. The van der Waals surface area contributed by atoms with Crippen molar-refractivity contribution in [3.8, 4) is 0 Å². The third-order valence-electron chi connectivity index (χ3n) is 3.73. The molecular formula is C16H24O10. The lowest BCUT2D eigenvalue weighted by molar-refractivity contribution is -0.342. The van der Waals surface area contributed by atoms with E-state index in [-0.39, 0.29) is 6.61 Å². The van der Waals surface area contributed by atoms with Crippen LogP contribution < -0.4 is 0 Å². The summed E-state index contributed by atoms with van der Waals surface area (Å²) in [4.78, 5) is 34.2. The van der Waals surface area contributed by atoms with Crippen LogP contribution in [0, 0.1) is 0 Å². The number of fused-ring (bicyclic) bond motifs is 1. The summed E-state index contributed by atoms with van der Waals surface area (Å²) in [6.45, 7) is 7.04. The van der Waals surface area contributed by atoms with Crippen molar-refractivity contribution in [1.29, 1.82) is 0 Å². The van der Waals surface area contributed by atoms with Crippen LogP contribution in [0.3, 0.4) is 0 Å². The van der Waals surface area contributed by atoms with Gasteiger partial charge in [-0.25, -0.2) is 0 Å². The van der Waals surface area contributed by atoms with E-state index in [9.17, 15) is 14.4 Å². The minimum Gasteiger partial charge on any atom is -0.463 e. The zero-order valence-corrected chi connectivity index (χ0v) is 15.4. The van der Waals surface area contributed by atoms with Gasteiger partial charge in [-0.15, -0.1) is 0 Å². The van der Waals surface area contributed by atoms with Gasteiger partial charge >= 0.3 is 17.9 Å². The Morgan fingerprint density at radius 3 is 2.12 bits per heavy atom. The summed E-state index contributed by atoms with van der Waals surface area (Å²) >= 11 is 0. The second kappa shape index (κ2) is 8.30. The molecule has 2 aliphatic rings. The molecule has 4 unspecified atom stereocenters. The zero-order chi connectivity index (χ0) is 19.5. The Morgan fingerprint density at radius 2 is 1.58 bits per heavy atom. The predicted molar refractivity (Wildman–Crippen MR) is 82.4 cm³/mol. The Morgan fingerprint density at radius 1 is 0.962 bits per heavy atom. The molecule has 0 bridgehead atoms. The minimum atomic E-state index is -1.42. The van der Waals surface area contributed by atoms with E-state index in [4.69, 9.17) is 33.2 Å². The average Bonchev–Trinajstić information content (AvgIpc) is 2.83. The maximum Gasteiger partial charge on any atom is 0.303 e. The summed E-state index contributed by atoms with van der Waals surface area (Å²) in [6, 6.07) is 0. The van der Waals surface area contributed by atoms with Gasteiger partial charge in [0.1, 0.15) is 12.7 Å². The molecule has 6 atom stereocenters. The molecule has 2 aliphatic heterocycles. The van der Waals surface area contributed by atoms with E-state index in [1.54, 1.807) is 13.8 Å². The van der Waals surface area contributed by atoms with E-state index >= 15 is 0 Å². The summed E-state index contributed by atoms with van der Waals surface area (Å²) in [5.74, 6) is -3.18. The quantitative estimate of drug-likeness (QED) is 0.472. The normalized spacial score (nSPS) is 36.1. The number of carbonyl (C=O) groups excluding carboxylic acids is 3. The Balaban J connectivity index is 2.29. The highest BCUT2D eigenvalue weighted by molar-refractivity contribution is 5.67. The lowest BCUT2D eigenvalue weighted by Gasteiger charge is -2.40. The fourth-order valence-electron chi connectivity index (χ4n) is 2.91. The zero-order valence-electron chi connectivity index (χ0n) is 15.4. The van der Waals surface area contributed by atoms with E-state index in [1.165, 1.54) is 20.8 Å². The molecule has 2 fully saturated rings. The second-order valence-electron chi connectivity index (χ2n) is 5.99. The number of hydrogen-bond donors (Lipinski definition) is 0. The molecule has 26 heavy (non-hydrogen) atoms. The summed E-state index contributed by atoms with van der Waals surface area (Å²) in [5.41, 5.74) is 0. The first-order chi connectivity index (χ1) is 12.1. The van der Waals surface area contributed by atoms with Crippen molar-refractivity contribution in [2.75, 3.05) is 13.2 Å². The molecule has 10 nitrogen and oxygen atoms in total. The number of esters is 3. The van der Waals surface area contributed by atoms with Crippen LogP contribution in [0.1, 0.15) is 34.6 Å². The lowest BCUT2D eigenvalue weighted by Crippen LogP contribution is -2.60. The first kappa shape index (κ1) is 20.6. The summed E-state index contributed by atoms with van der Waals surface area (Å²) in [7, 11) is 0. The van der Waals surface area contributed by atoms with Crippen LogP contribution >= 0.6 is 0 Å². The van der Waals surface area contributed by atoms with Gasteiger partial charge in [0, 0.05) is 34.3 Å². The highest BCUT2D eigenvalue weighted by Crippen LogP contribution is 2.39. The average molecular weight is 376 g/mol. The number of carbonyl (C=O) groups is 3. The number of hydrogen-bond acceptors (Lipinski definition) is 10. The fourth-order valence-corrected chi connectivity index (χ4v) is 2.91. The highest BCUT2D eigenvalue weighted by Gasteiger charge is 2.59. The molecular weight excluding hydrogens is 352 g/mol. The van der Waals surface area contributed by atoms with Crippen molar-refractivity contribution in [3.63, 3.8) is 0 Å². The van der Waals surface area contributed by atoms with Crippen LogP contribution in [0.2, 0.25) is 0 Å². The highest BCUT2D eigenvalue weighted by atomic mass is 16.9. The van der Waals surface area contributed by atoms with Crippen molar-refractivity contribution in [2.45, 2.75) is 71.3 Å². The molecule has 0 aromatic carbocycles. The molecule has 0 amide bonds. The van der Waals surface area contributed by atoms with Gasteiger partial charge in [0.05, 0.1) is 0 Å². The molecule has 0 aromatic heterocycles. The van der Waals surface area contributed by atoms with Crippen LogP contribution in [0.4, 0.5) is 0 Å². The Kier molecular flexibility index (Phi) is 6.56. The summed E-state index contributed by atoms with van der Waals surface area (Å²) in [5, 5.41) is 0. The molecule has 0 radical (unpaired) electrons. The predicted octanol–water partition coefficient (Wildman–Crippen LogP) is 0.263. The summed E-state index contributed by atoms with van der Waals surface area (Å²) < 4.78 is 38.2. The van der Waals surface area contributed by atoms with Crippen LogP contribution in [-0.2, 0) is 47.5 Å². The van der Waals surface area contributed by atoms with E-state index in [1.807, 2.05) is 0 Å². The van der Waals surface area contributed by atoms with Crippen molar-refractivity contribution in [3.05, 3.63) is 0 Å². The van der Waals surface area contributed by atoms with Gasteiger partial charge in [0.2, 0.25) is 0 Å². The molecule has 0 N–H and O–H groups in total. The Bertz CT molecular complexity index is 549. The molecule has 10 heteroatoms. The first-order valence-corrected chi connectivity index (χ1v) is 8.28. The molecule has 2 heterocycles. The lowest BCUT2D eigenvalue weighted by atomic mass is 9.98. The summed E-state index contributed by atoms with van der Waals surface area (Å²) in [6.07, 6.45) is -4.86. The van der Waals surface area contributed by atoms with E-state index in [2.05, 4.69) is 0 Å². The van der Waals surface area contributed by atoms with Crippen molar-refractivity contribution in [2.24, 2.45) is 0 Å². The topological polar surface area (TPSA) is 116 Å². The van der Waals surface area contributed by atoms with Crippen LogP contribution in [0.5, 0.6) is 0 Å². The van der Waals surface area contributed by atoms with E-state index in [0.29, 0.717) is 6.61 Å². The van der Waals surface area contributed by atoms with E-state index in [0.717, 1.165) is 0 Å². The molecule has 148 valence electrons. The van der Waals surface area contributed by atoms with Crippen molar-refractivity contribution >= 4 is 17.9 Å². The maximum absolute atomic E-state index is 11.6. The third-order valence-corrected chi connectivity index (χ3v) is 3.73. The monoisotopic (exact) mass is 376 g/mol. The van der Waals surface area contributed by atoms with Gasteiger partial charge in [-0.1, -0.05) is 0 Å². The first-order valence-electron chi connectivity index (χ1n) is 8.28. The molecule has 0 aromatic rings. The van der Waals surface area contributed by atoms with Crippen LogP contribution in [0.15, 0.2) is 0 Å².